The molecular formula is C15H17N3O2. The predicted octanol–water partition coefficient (Wildman–Crippen LogP) is 2.60. The van der Waals surface area contributed by atoms with E-state index in [1.807, 2.05) is 13.0 Å². The van der Waals surface area contributed by atoms with Crippen molar-refractivity contribution in [3.8, 4) is 11.4 Å². The number of anilines is 1. The fraction of sp³-hybridized carbons (Fsp3) is 0.267. The van der Waals surface area contributed by atoms with Crippen molar-refractivity contribution in [3.63, 3.8) is 0 Å². The van der Waals surface area contributed by atoms with E-state index in [1.165, 1.54) is 0 Å². The minimum Gasteiger partial charge on any atom is -0.459 e. The van der Waals surface area contributed by atoms with Gasteiger partial charge in [0, 0.05) is 23.1 Å². The van der Waals surface area contributed by atoms with Crippen molar-refractivity contribution in [1.82, 2.24) is 9.97 Å². The lowest BCUT2D eigenvalue weighted by Crippen LogP contribution is -2.13. The maximum absolute atomic E-state index is 12.0. The van der Waals surface area contributed by atoms with Gasteiger partial charge in [-0.05, 0) is 45.0 Å². The second-order valence-electron chi connectivity index (χ2n) is 4.78. The van der Waals surface area contributed by atoms with Crippen molar-refractivity contribution in [1.29, 1.82) is 0 Å². The van der Waals surface area contributed by atoms with E-state index in [0.717, 1.165) is 11.3 Å². The molecular weight excluding hydrogens is 254 g/mol. The maximum Gasteiger partial charge on any atom is 0.340 e. The Balaban J connectivity index is 2.40. The lowest BCUT2D eigenvalue weighted by atomic mass is 10.1. The van der Waals surface area contributed by atoms with E-state index in [0.29, 0.717) is 17.1 Å². The monoisotopic (exact) mass is 271 g/mol. The van der Waals surface area contributed by atoms with Gasteiger partial charge >= 0.3 is 5.97 Å². The highest BCUT2D eigenvalue weighted by Gasteiger charge is 2.15. The minimum absolute atomic E-state index is 0.194. The fourth-order valence-corrected chi connectivity index (χ4v) is 1.74. The molecule has 0 saturated heterocycles. The molecule has 104 valence electrons. The van der Waals surface area contributed by atoms with Crippen LogP contribution >= 0.6 is 0 Å². The second kappa shape index (κ2) is 5.69. The first-order chi connectivity index (χ1) is 9.47. The van der Waals surface area contributed by atoms with Gasteiger partial charge in [0.2, 0.25) is 0 Å². The molecule has 0 aliphatic heterocycles. The van der Waals surface area contributed by atoms with E-state index in [1.54, 1.807) is 38.2 Å². The number of nitrogens with two attached hydrogens (primary N) is 1. The molecule has 0 spiro atoms. The molecule has 2 rings (SSSR count). The quantitative estimate of drug-likeness (QED) is 0.685. The van der Waals surface area contributed by atoms with Gasteiger partial charge in [-0.25, -0.2) is 14.8 Å². The van der Waals surface area contributed by atoms with Crippen LogP contribution in [0.1, 0.15) is 29.9 Å². The molecule has 20 heavy (non-hydrogen) atoms. The zero-order chi connectivity index (χ0) is 14.7. The van der Waals surface area contributed by atoms with Crippen LogP contribution in [-0.4, -0.2) is 22.0 Å². The number of carbonyl (C=O) groups excluding carboxylic acids is 1. The Kier molecular flexibility index (Phi) is 3.98. The molecule has 0 aliphatic carbocycles. The van der Waals surface area contributed by atoms with Crippen LogP contribution in [0.2, 0.25) is 0 Å². The summed E-state index contributed by atoms with van der Waals surface area (Å²) in [6, 6.07) is 6.93. The first-order valence-electron chi connectivity index (χ1n) is 6.38. The smallest absolute Gasteiger partial charge is 0.340 e. The molecule has 2 N–H and O–H groups in total. The minimum atomic E-state index is -0.438. The number of aryl methyl sites for hydroxylation is 1. The molecule has 0 saturated carbocycles. The zero-order valence-corrected chi connectivity index (χ0v) is 11.8. The lowest BCUT2D eigenvalue weighted by molar-refractivity contribution is 0.0379. The third-order valence-electron chi connectivity index (χ3n) is 2.67. The number of benzene rings is 1. The van der Waals surface area contributed by atoms with Crippen LogP contribution in [0.15, 0.2) is 30.5 Å². The largest absolute Gasteiger partial charge is 0.459 e. The number of hydrogen-bond acceptors (Lipinski definition) is 5. The third kappa shape index (κ3) is 3.12. The lowest BCUT2D eigenvalue weighted by Gasteiger charge is -2.11. The van der Waals surface area contributed by atoms with Crippen LogP contribution in [0.25, 0.3) is 11.4 Å². The third-order valence-corrected chi connectivity index (χ3v) is 2.67. The van der Waals surface area contributed by atoms with Gasteiger partial charge in [0.05, 0.1) is 11.7 Å². The highest BCUT2D eigenvalue weighted by molar-refractivity contribution is 5.96. The Morgan fingerprint density at radius 3 is 2.70 bits per heavy atom. The van der Waals surface area contributed by atoms with Gasteiger partial charge < -0.3 is 10.5 Å². The number of ether oxygens (including phenoxy) is 1. The normalized spacial score (nSPS) is 10.6. The first kappa shape index (κ1) is 14.0. The molecule has 0 aliphatic rings. The van der Waals surface area contributed by atoms with Gasteiger partial charge in [-0.3, -0.25) is 0 Å². The van der Waals surface area contributed by atoms with Gasteiger partial charge in [0.15, 0.2) is 5.82 Å². The molecule has 1 heterocycles. The van der Waals surface area contributed by atoms with Crippen LogP contribution in [0.3, 0.4) is 0 Å². The number of esters is 1. The van der Waals surface area contributed by atoms with Crippen molar-refractivity contribution in [2.24, 2.45) is 0 Å². The number of nitrogen functional groups attached to an aromatic ring is 1. The molecule has 2 aromatic rings. The molecule has 1 aromatic carbocycles. The van der Waals surface area contributed by atoms with Crippen LogP contribution in [0.4, 0.5) is 5.69 Å². The van der Waals surface area contributed by atoms with Gasteiger partial charge in [0.25, 0.3) is 0 Å². The van der Waals surface area contributed by atoms with Crippen LogP contribution < -0.4 is 5.73 Å². The SMILES string of the molecule is Cc1ccnc(-c2ccc(N)c(C(=O)OC(C)C)c2)n1. The van der Waals surface area contributed by atoms with E-state index < -0.39 is 5.97 Å². The Morgan fingerprint density at radius 1 is 1.30 bits per heavy atom. The molecule has 0 fully saturated rings. The fourth-order valence-electron chi connectivity index (χ4n) is 1.74. The summed E-state index contributed by atoms with van der Waals surface area (Å²) in [5, 5.41) is 0. The standard InChI is InChI=1S/C15H17N3O2/c1-9(2)20-15(19)12-8-11(4-5-13(12)16)14-17-7-6-10(3)18-14/h4-9H,16H2,1-3H3. The summed E-state index contributed by atoms with van der Waals surface area (Å²) >= 11 is 0. The number of nitrogens with zero attached hydrogens (tertiary/aromatic N) is 2. The molecule has 0 amide bonds. The van der Waals surface area contributed by atoms with E-state index in [9.17, 15) is 4.79 Å². The maximum atomic E-state index is 12.0. The molecule has 0 bridgehead atoms. The van der Waals surface area contributed by atoms with Gasteiger partial charge in [-0.2, -0.15) is 0 Å². The number of rotatable bonds is 3. The topological polar surface area (TPSA) is 78.1 Å². The molecule has 1 aromatic heterocycles. The highest BCUT2D eigenvalue weighted by Crippen LogP contribution is 2.22. The Morgan fingerprint density at radius 2 is 2.05 bits per heavy atom. The van der Waals surface area contributed by atoms with Crippen molar-refractivity contribution >= 4 is 11.7 Å². The number of aromatic nitrogens is 2. The number of hydrogen-bond donors (Lipinski definition) is 1. The summed E-state index contributed by atoms with van der Waals surface area (Å²) in [6.07, 6.45) is 1.49. The van der Waals surface area contributed by atoms with Crippen molar-refractivity contribution in [2.45, 2.75) is 26.9 Å². The van der Waals surface area contributed by atoms with Gasteiger partial charge in [0.1, 0.15) is 0 Å². The Hall–Kier alpha value is -2.43. The average Bonchev–Trinajstić information content (AvgIpc) is 2.38. The van der Waals surface area contributed by atoms with Crippen LogP contribution in [-0.2, 0) is 4.74 Å². The second-order valence-corrected chi connectivity index (χ2v) is 4.78. The van der Waals surface area contributed by atoms with E-state index in [4.69, 9.17) is 10.5 Å². The molecule has 0 radical (unpaired) electrons. The molecule has 0 atom stereocenters. The van der Waals surface area contributed by atoms with Crippen molar-refractivity contribution in [2.75, 3.05) is 5.73 Å². The van der Waals surface area contributed by atoms with E-state index in [-0.39, 0.29) is 6.10 Å². The number of carbonyl (C=O) groups is 1. The Labute approximate surface area is 117 Å². The zero-order valence-electron chi connectivity index (χ0n) is 11.8. The Bertz CT molecular complexity index is 639. The van der Waals surface area contributed by atoms with Crippen LogP contribution in [0, 0.1) is 6.92 Å². The van der Waals surface area contributed by atoms with Gasteiger partial charge in [-0.15, -0.1) is 0 Å². The van der Waals surface area contributed by atoms with E-state index >= 15 is 0 Å². The molecule has 0 unspecified atom stereocenters. The summed E-state index contributed by atoms with van der Waals surface area (Å²) in [7, 11) is 0. The van der Waals surface area contributed by atoms with Gasteiger partial charge in [-0.1, -0.05) is 0 Å². The average molecular weight is 271 g/mol. The summed E-state index contributed by atoms with van der Waals surface area (Å²) in [4.78, 5) is 20.5. The van der Waals surface area contributed by atoms with Crippen molar-refractivity contribution in [3.05, 3.63) is 41.7 Å². The first-order valence-corrected chi connectivity index (χ1v) is 6.38. The van der Waals surface area contributed by atoms with Crippen molar-refractivity contribution < 1.29 is 9.53 Å². The summed E-state index contributed by atoms with van der Waals surface area (Å²) in [5.74, 6) is 0.121. The van der Waals surface area contributed by atoms with E-state index in [2.05, 4.69) is 9.97 Å². The summed E-state index contributed by atoms with van der Waals surface area (Å²) in [6.45, 7) is 5.47. The summed E-state index contributed by atoms with van der Waals surface area (Å²) < 4.78 is 5.17. The molecule has 5 nitrogen and oxygen atoms in total. The molecule has 5 heteroatoms. The highest BCUT2D eigenvalue weighted by atomic mass is 16.5. The predicted molar refractivity (Wildman–Crippen MR) is 77.2 cm³/mol. The van der Waals surface area contributed by atoms with Crippen LogP contribution in [0.5, 0.6) is 0 Å². The summed E-state index contributed by atoms with van der Waals surface area (Å²) in [5.41, 5.74) is 8.14.